The molecule has 0 aromatic heterocycles. The van der Waals surface area contributed by atoms with Crippen LogP contribution < -0.4 is 0 Å². The Kier molecular flexibility index (Phi) is 5.64. The fourth-order valence-corrected chi connectivity index (χ4v) is 2.65. The highest BCUT2D eigenvalue weighted by Gasteiger charge is 2.37. The van der Waals surface area contributed by atoms with Crippen LogP contribution in [0.25, 0.3) is 0 Å². The third kappa shape index (κ3) is 4.50. The minimum Gasteiger partial charge on any atom is -0.481 e. The van der Waals surface area contributed by atoms with Crippen molar-refractivity contribution >= 4 is 17.7 Å². The van der Waals surface area contributed by atoms with Gasteiger partial charge in [0.2, 0.25) is 0 Å². The number of ketones is 1. The van der Waals surface area contributed by atoms with Crippen LogP contribution in [0.2, 0.25) is 0 Å². The summed E-state index contributed by atoms with van der Waals surface area (Å²) < 4.78 is 13.1. The van der Waals surface area contributed by atoms with Crippen LogP contribution in [-0.4, -0.2) is 27.9 Å². The lowest BCUT2D eigenvalue weighted by atomic mass is 9.81. The first kappa shape index (κ1) is 18.3. The fourth-order valence-electron chi connectivity index (χ4n) is 2.65. The molecule has 0 saturated carbocycles. The van der Waals surface area contributed by atoms with Gasteiger partial charge >= 0.3 is 11.9 Å². The van der Waals surface area contributed by atoms with Crippen LogP contribution in [0.1, 0.15) is 33.8 Å². The van der Waals surface area contributed by atoms with Crippen molar-refractivity contribution < 1.29 is 29.0 Å². The van der Waals surface area contributed by atoms with E-state index in [4.69, 9.17) is 0 Å². The quantitative estimate of drug-likeness (QED) is 0.594. The zero-order valence-corrected chi connectivity index (χ0v) is 13.5. The number of halogens is 1. The number of carbonyl (C=O) groups excluding carboxylic acids is 1. The van der Waals surface area contributed by atoms with Gasteiger partial charge in [-0.15, -0.1) is 0 Å². The van der Waals surface area contributed by atoms with Crippen LogP contribution in [0.5, 0.6) is 0 Å². The van der Waals surface area contributed by atoms with Crippen molar-refractivity contribution in [2.24, 2.45) is 5.92 Å². The predicted octanol–water partition coefficient (Wildman–Crippen LogP) is 3.28. The summed E-state index contributed by atoms with van der Waals surface area (Å²) in [5.41, 5.74) is 1.62. The van der Waals surface area contributed by atoms with E-state index in [1.54, 1.807) is 24.3 Å². The molecule has 0 aliphatic heterocycles. The van der Waals surface area contributed by atoms with Crippen LogP contribution in [0.3, 0.4) is 0 Å². The zero-order chi connectivity index (χ0) is 18.6. The molecular formula is C19H17FO5. The highest BCUT2D eigenvalue weighted by molar-refractivity contribution is 5.99. The van der Waals surface area contributed by atoms with E-state index in [-0.39, 0.29) is 17.8 Å². The number of rotatable bonds is 7. The Bertz CT molecular complexity index is 766. The number of carboxylic acid groups (broad SMARTS) is 2. The monoisotopic (exact) mass is 344 g/mol. The number of aliphatic carboxylic acids is 2. The minimum atomic E-state index is -1.81. The van der Waals surface area contributed by atoms with E-state index in [1.165, 1.54) is 12.1 Å². The molecule has 0 saturated heterocycles. The first-order chi connectivity index (χ1) is 11.8. The number of hydrogen-bond donors (Lipinski definition) is 2. The molecule has 0 aliphatic rings. The van der Waals surface area contributed by atoms with E-state index in [0.29, 0.717) is 5.56 Å². The molecule has 0 radical (unpaired) electrons. The molecule has 0 bridgehead atoms. The van der Waals surface area contributed by atoms with Crippen LogP contribution in [-0.2, 0) is 9.59 Å². The second kappa shape index (κ2) is 7.70. The molecule has 130 valence electrons. The van der Waals surface area contributed by atoms with Crippen LogP contribution >= 0.6 is 0 Å². The van der Waals surface area contributed by atoms with E-state index < -0.39 is 29.6 Å². The fraction of sp³-hybridized carbons (Fsp3) is 0.211. The lowest BCUT2D eigenvalue weighted by molar-refractivity contribution is -0.155. The van der Waals surface area contributed by atoms with Gasteiger partial charge in [-0.3, -0.25) is 14.4 Å². The van der Waals surface area contributed by atoms with Crippen LogP contribution in [0.15, 0.2) is 48.5 Å². The standard InChI is InChI=1S/C19H17FO5/c1-11-2-4-13(5-3-11)16(21)10-15(17(18(22)23)19(24)25)12-6-8-14(20)9-7-12/h2-9,15,17H,10H2,1H3,(H,22,23)(H,24,25). The second-order valence-electron chi connectivity index (χ2n) is 5.81. The Morgan fingerprint density at radius 2 is 1.44 bits per heavy atom. The van der Waals surface area contributed by atoms with Gasteiger partial charge in [-0.2, -0.15) is 0 Å². The number of aryl methyl sites for hydroxylation is 1. The summed E-state index contributed by atoms with van der Waals surface area (Å²) in [4.78, 5) is 35.3. The number of carbonyl (C=O) groups is 3. The molecule has 2 aromatic rings. The average Bonchev–Trinajstić information content (AvgIpc) is 2.54. The van der Waals surface area contributed by atoms with Crippen molar-refractivity contribution in [3.8, 4) is 0 Å². The van der Waals surface area contributed by atoms with Gasteiger partial charge in [0, 0.05) is 17.9 Å². The molecule has 2 aromatic carbocycles. The molecule has 6 heteroatoms. The Balaban J connectivity index is 2.38. The number of benzene rings is 2. The van der Waals surface area contributed by atoms with Crippen molar-refractivity contribution in [2.75, 3.05) is 0 Å². The Morgan fingerprint density at radius 3 is 1.92 bits per heavy atom. The SMILES string of the molecule is Cc1ccc(C(=O)CC(c2ccc(F)cc2)C(C(=O)O)C(=O)O)cc1. The van der Waals surface area contributed by atoms with Gasteiger partial charge in [-0.25, -0.2) is 4.39 Å². The molecule has 0 fully saturated rings. The molecule has 25 heavy (non-hydrogen) atoms. The van der Waals surface area contributed by atoms with Gasteiger partial charge in [-0.05, 0) is 24.6 Å². The van der Waals surface area contributed by atoms with Gasteiger partial charge < -0.3 is 10.2 Å². The lowest BCUT2D eigenvalue weighted by Crippen LogP contribution is -2.31. The summed E-state index contributed by atoms with van der Waals surface area (Å²) >= 11 is 0. The smallest absolute Gasteiger partial charge is 0.318 e. The van der Waals surface area contributed by atoms with E-state index in [0.717, 1.165) is 17.7 Å². The summed E-state index contributed by atoms with van der Waals surface area (Å²) in [5, 5.41) is 18.6. The first-order valence-corrected chi connectivity index (χ1v) is 7.60. The van der Waals surface area contributed by atoms with Crippen molar-refractivity contribution in [3.63, 3.8) is 0 Å². The van der Waals surface area contributed by atoms with E-state index >= 15 is 0 Å². The molecule has 2 rings (SSSR count). The second-order valence-corrected chi connectivity index (χ2v) is 5.81. The van der Waals surface area contributed by atoms with Crippen molar-refractivity contribution in [1.29, 1.82) is 0 Å². The van der Waals surface area contributed by atoms with Gasteiger partial charge in [0.05, 0.1) is 0 Å². The van der Waals surface area contributed by atoms with Gasteiger partial charge in [-0.1, -0.05) is 42.0 Å². The Labute approximate surface area is 143 Å². The number of carboxylic acids is 2. The lowest BCUT2D eigenvalue weighted by Gasteiger charge is -2.21. The predicted molar refractivity (Wildman–Crippen MR) is 88.0 cm³/mol. The first-order valence-electron chi connectivity index (χ1n) is 7.60. The molecule has 0 amide bonds. The third-order valence-corrected chi connectivity index (χ3v) is 4.01. The summed E-state index contributed by atoms with van der Waals surface area (Å²) in [5.74, 6) is -6.90. The normalized spacial score (nSPS) is 12.0. The maximum absolute atomic E-state index is 13.1. The third-order valence-electron chi connectivity index (χ3n) is 4.01. The molecule has 1 unspecified atom stereocenters. The van der Waals surface area contributed by atoms with E-state index in [1.807, 2.05) is 6.92 Å². The summed E-state index contributed by atoms with van der Waals surface area (Å²) in [6, 6.07) is 11.5. The molecule has 0 heterocycles. The zero-order valence-electron chi connectivity index (χ0n) is 13.5. The largest absolute Gasteiger partial charge is 0.481 e. The molecule has 0 aliphatic carbocycles. The van der Waals surface area contributed by atoms with Gasteiger partial charge in [0.1, 0.15) is 5.82 Å². The number of Topliss-reactive ketones (excluding diaryl/α,β-unsaturated/α-hetero) is 1. The molecule has 5 nitrogen and oxygen atoms in total. The van der Waals surface area contributed by atoms with E-state index in [9.17, 15) is 29.0 Å². The maximum Gasteiger partial charge on any atom is 0.318 e. The molecular weight excluding hydrogens is 327 g/mol. The molecule has 1 atom stereocenters. The van der Waals surface area contributed by atoms with Crippen molar-refractivity contribution in [2.45, 2.75) is 19.3 Å². The average molecular weight is 344 g/mol. The minimum absolute atomic E-state index is 0.289. The van der Waals surface area contributed by atoms with Crippen molar-refractivity contribution in [1.82, 2.24) is 0 Å². The van der Waals surface area contributed by atoms with Crippen LogP contribution in [0, 0.1) is 18.7 Å². The van der Waals surface area contributed by atoms with Gasteiger partial charge in [0.25, 0.3) is 0 Å². The summed E-state index contributed by atoms with van der Waals surface area (Å²) in [6.45, 7) is 1.86. The van der Waals surface area contributed by atoms with E-state index in [2.05, 4.69) is 0 Å². The molecule has 2 N–H and O–H groups in total. The maximum atomic E-state index is 13.1. The Morgan fingerprint density at radius 1 is 0.920 bits per heavy atom. The topological polar surface area (TPSA) is 91.7 Å². The highest BCUT2D eigenvalue weighted by Crippen LogP contribution is 2.31. The summed E-state index contributed by atoms with van der Waals surface area (Å²) in [7, 11) is 0. The Hall–Kier alpha value is -3.02. The summed E-state index contributed by atoms with van der Waals surface area (Å²) in [6.07, 6.45) is -0.308. The highest BCUT2D eigenvalue weighted by atomic mass is 19.1. The number of hydrogen-bond acceptors (Lipinski definition) is 3. The van der Waals surface area contributed by atoms with Crippen molar-refractivity contribution in [3.05, 3.63) is 71.0 Å². The van der Waals surface area contributed by atoms with Crippen LogP contribution in [0.4, 0.5) is 4.39 Å². The van der Waals surface area contributed by atoms with Gasteiger partial charge in [0.15, 0.2) is 11.7 Å². The molecule has 0 spiro atoms.